The molecule has 2 N–H and O–H groups in total. The Labute approximate surface area is 108 Å². The Kier molecular flexibility index (Phi) is 3.38. The van der Waals surface area contributed by atoms with Crippen LogP contribution in [0.1, 0.15) is 30.4 Å². The van der Waals surface area contributed by atoms with Crippen molar-refractivity contribution in [3.05, 3.63) is 29.3 Å². The molecule has 1 aromatic rings. The van der Waals surface area contributed by atoms with Crippen LogP contribution >= 0.6 is 12.2 Å². The molecule has 1 aromatic carbocycles. The third-order valence-electron chi connectivity index (χ3n) is 3.38. The average Bonchev–Trinajstić information content (AvgIpc) is 2.99. The summed E-state index contributed by atoms with van der Waals surface area (Å²) in [5.74, 6) is 0.985. The highest BCUT2D eigenvalue weighted by molar-refractivity contribution is 7.80. The highest BCUT2D eigenvalue weighted by atomic mass is 32.1. The van der Waals surface area contributed by atoms with Crippen molar-refractivity contribution in [1.82, 2.24) is 0 Å². The van der Waals surface area contributed by atoms with E-state index in [0.717, 1.165) is 18.8 Å². The molecule has 92 valence electrons. The fourth-order valence-electron chi connectivity index (χ4n) is 2.01. The Morgan fingerprint density at radius 2 is 2.12 bits per heavy atom. The van der Waals surface area contributed by atoms with Crippen LogP contribution in [0.2, 0.25) is 0 Å². The van der Waals surface area contributed by atoms with Crippen molar-refractivity contribution in [2.45, 2.75) is 33.1 Å². The maximum Gasteiger partial charge on any atom is 0.122 e. The van der Waals surface area contributed by atoms with E-state index in [9.17, 15) is 0 Å². The van der Waals surface area contributed by atoms with Crippen molar-refractivity contribution in [2.75, 3.05) is 6.61 Å². The van der Waals surface area contributed by atoms with Crippen LogP contribution < -0.4 is 10.5 Å². The summed E-state index contributed by atoms with van der Waals surface area (Å²) in [4.78, 5) is 0.604. The third-order valence-corrected chi connectivity index (χ3v) is 3.53. The molecule has 2 nitrogen and oxygen atoms in total. The van der Waals surface area contributed by atoms with Gasteiger partial charge in [-0.1, -0.05) is 24.4 Å². The lowest BCUT2D eigenvalue weighted by atomic mass is 10.0. The summed E-state index contributed by atoms with van der Waals surface area (Å²) in [6.07, 6.45) is 3.16. The van der Waals surface area contributed by atoms with Gasteiger partial charge in [0.15, 0.2) is 0 Å². The summed E-state index contributed by atoms with van der Waals surface area (Å²) in [5, 5.41) is 0. The van der Waals surface area contributed by atoms with Crippen LogP contribution in [0.15, 0.2) is 18.2 Å². The van der Waals surface area contributed by atoms with E-state index in [1.807, 2.05) is 0 Å². The van der Waals surface area contributed by atoms with Gasteiger partial charge >= 0.3 is 0 Å². The van der Waals surface area contributed by atoms with Crippen LogP contribution in [0.3, 0.4) is 0 Å². The van der Waals surface area contributed by atoms with Gasteiger partial charge in [0.05, 0.1) is 11.6 Å². The minimum absolute atomic E-state index is 0.224. The lowest BCUT2D eigenvalue weighted by Gasteiger charge is -2.17. The van der Waals surface area contributed by atoms with Gasteiger partial charge in [-0.2, -0.15) is 0 Å². The Bertz CT molecular complexity index is 438. The standard InChI is InChI=1S/C14H19NOS/c1-10-3-4-11(2)12(7-10)16-9-14(5-6-14)8-13(15)17/h3-4,7H,5-6,8-9H2,1-2H3,(H2,15,17). The predicted molar refractivity (Wildman–Crippen MR) is 74.5 cm³/mol. The number of hydrogen-bond acceptors (Lipinski definition) is 2. The first kappa shape index (κ1) is 12.4. The monoisotopic (exact) mass is 249 g/mol. The molecular weight excluding hydrogens is 230 g/mol. The largest absolute Gasteiger partial charge is 0.493 e. The molecule has 0 heterocycles. The quantitative estimate of drug-likeness (QED) is 0.814. The van der Waals surface area contributed by atoms with Gasteiger partial charge in [0, 0.05) is 11.8 Å². The number of rotatable bonds is 5. The molecule has 0 bridgehead atoms. The van der Waals surface area contributed by atoms with Crippen LogP contribution in [-0.4, -0.2) is 11.6 Å². The lowest BCUT2D eigenvalue weighted by molar-refractivity contribution is 0.237. The van der Waals surface area contributed by atoms with Gasteiger partial charge in [-0.3, -0.25) is 0 Å². The van der Waals surface area contributed by atoms with Gasteiger partial charge in [0.1, 0.15) is 5.75 Å². The second-order valence-electron chi connectivity index (χ2n) is 5.20. The summed E-state index contributed by atoms with van der Waals surface area (Å²) in [6, 6.07) is 6.29. The number of benzene rings is 1. The van der Waals surface area contributed by atoms with Gasteiger partial charge in [-0.15, -0.1) is 0 Å². The number of hydrogen-bond donors (Lipinski definition) is 1. The Morgan fingerprint density at radius 1 is 1.41 bits per heavy atom. The van der Waals surface area contributed by atoms with Gasteiger partial charge in [-0.05, 0) is 43.9 Å². The summed E-state index contributed by atoms with van der Waals surface area (Å²) in [5.41, 5.74) is 8.25. The normalized spacial score (nSPS) is 16.6. The smallest absolute Gasteiger partial charge is 0.122 e. The Hall–Kier alpha value is -1.09. The maximum absolute atomic E-state index is 5.93. The molecule has 0 saturated heterocycles. The summed E-state index contributed by atoms with van der Waals surface area (Å²) >= 11 is 4.98. The first-order chi connectivity index (χ1) is 8.01. The van der Waals surface area contributed by atoms with E-state index in [1.165, 1.54) is 24.0 Å². The fourth-order valence-corrected chi connectivity index (χ4v) is 2.32. The number of ether oxygens (including phenoxy) is 1. The molecule has 0 amide bonds. The Balaban J connectivity index is 1.98. The van der Waals surface area contributed by atoms with Gasteiger partial charge in [0.25, 0.3) is 0 Å². The second-order valence-corrected chi connectivity index (χ2v) is 5.73. The maximum atomic E-state index is 5.93. The molecule has 0 aliphatic heterocycles. The summed E-state index contributed by atoms with van der Waals surface area (Å²) < 4.78 is 5.93. The van der Waals surface area contributed by atoms with Crippen molar-refractivity contribution >= 4 is 17.2 Å². The van der Waals surface area contributed by atoms with Crippen molar-refractivity contribution in [3.63, 3.8) is 0 Å². The fraction of sp³-hybridized carbons (Fsp3) is 0.500. The molecule has 0 unspecified atom stereocenters. The van der Waals surface area contributed by atoms with Crippen LogP contribution in [0.5, 0.6) is 5.75 Å². The third kappa shape index (κ3) is 3.19. The molecule has 2 rings (SSSR count). The second kappa shape index (κ2) is 4.65. The summed E-state index contributed by atoms with van der Waals surface area (Å²) in [6.45, 7) is 4.88. The van der Waals surface area contributed by atoms with Crippen LogP contribution in [0.4, 0.5) is 0 Å². The minimum atomic E-state index is 0.224. The number of thiocarbonyl (C=S) groups is 1. The molecule has 1 aliphatic carbocycles. The van der Waals surface area contributed by atoms with Crippen LogP contribution in [-0.2, 0) is 0 Å². The van der Waals surface area contributed by atoms with E-state index in [-0.39, 0.29) is 5.41 Å². The van der Waals surface area contributed by atoms with E-state index >= 15 is 0 Å². The molecule has 0 atom stereocenters. The molecule has 3 heteroatoms. The van der Waals surface area contributed by atoms with E-state index < -0.39 is 0 Å². The lowest BCUT2D eigenvalue weighted by Crippen LogP contribution is -2.21. The molecule has 1 aliphatic rings. The highest BCUT2D eigenvalue weighted by Gasteiger charge is 2.43. The van der Waals surface area contributed by atoms with E-state index in [0.29, 0.717) is 4.99 Å². The zero-order chi connectivity index (χ0) is 12.5. The summed E-state index contributed by atoms with van der Waals surface area (Å²) in [7, 11) is 0. The first-order valence-corrected chi connectivity index (χ1v) is 6.40. The number of nitrogens with two attached hydrogens (primary N) is 1. The molecular formula is C14H19NOS. The predicted octanol–water partition coefficient (Wildman–Crippen LogP) is 3.14. The van der Waals surface area contributed by atoms with Gasteiger partial charge in [-0.25, -0.2) is 0 Å². The average molecular weight is 249 g/mol. The Morgan fingerprint density at radius 3 is 2.71 bits per heavy atom. The van der Waals surface area contributed by atoms with Crippen molar-refractivity contribution < 1.29 is 4.74 Å². The van der Waals surface area contributed by atoms with Crippen LogP contribution in [0, 0.1) is 19.3 Å². The molecule has 0 aromatic heterocycles. The van der Waals surface area contributed by atoms with Gasteiger partial charge < -0.3 is 10.5 Å². The minimum Gasteiger partial charge on any atom is -0.493 e. The first-order valence-electron chi connectivity index (χ1n) is 5.99. The molecule has 17 heavy (non-hydrogen) atoms. The highest BCUT2D eigenvalue weighted by Crippen LogP contribution is 2.49. The van der Waals surface area contributed by atoms with Gasteiger partial charge in [0.2, 0.25) is 0 Å². The molecule has 0 spiro atoms. The van der Waals surface area contributed by atoms with Crippen molar-refractivity contribution in [1.29, 1.82) is 0 Å². The SMILES string of the molecule is Cc1ccc(C)c(OCC2(CC(N)=S)CC2)c1. The van der Waals surface area contributed by atoms with E-state index in [2.05, 4.69) is 32.0 Å². The van der Waals surface area contributed by atoms with E-state index in [1.54, 1.807) is 0 Å². The molecule has 1 saturated carbocycles. The zero-order valence-corrected chi connectivity index (χ0v) is 11.3. The van der Waals surface area contributed by atoms with Crippen molar-refractivity contribution in [3.8, 4) is 5.75 Å². The molecule has 1 fully saturated rings. The van der Waals surface area contributed by atoms with Crippen LogP contribution in [0.25, 0.3) is 0 Å². The zero-order valence-electron chi connectivity index (χ0n) is 10.5. The molecule has 0 radical (unpaired) electrons. The van der Waals surface area contributed by atoms with E-state index in [4.69, 9.17) is 22.7 Å². The van der Waals surface area contributed by atoms with Crippen molar-refractivity contribution in [2.24, 2.45) is 11.1 Å². The number of aryl methyl sites for hydroxylation is 2. The topological polar surface area (TPSA) is 35.2 Å².